The van der Waals surface area contributed by atoms with Gasteiger partial charge in [0.05, 0.1) is 5.70 Å². The Morgan fingerprint density at radius 3 is 2.52 bits per heavy atom. The maximum absolute atomic E-state index is 12.5. The van der Waals surface area contributed by atoms with Gasteiger partial charge in [-0.2, -0.15) is 0 Å². The van der Waals surface area contributed by atoms with Gasteiger partial charge in [-0.3, -0.25) is 4.79 Å². The maximum Gasteiger partial charge on any atom is 0.178 e. The molecule has 0 heterocycles. The summed E-state index contributed by atoms with van der Waals surface area (Å²) in [7, 11) is 0. The summed E-state index contributed by atoms with van der Waals surface area (Å²) in [4.78, 5) is 14.8. The first-order valence-electron chi connectivity index (χ1n) is 8.30. The summed E-state index contributed by atoms with van der Waals surface area (Å²) in [6.45, 7) is 6.22. The molecule has 0 bridgehead atoms. The molecule has 1 aromatic rings. The number of hydrogen-bond acceptors (Lipinski definition) is 2. The third kappa shape index (κ3) is 4.20. The zero-order valence-electron chi connectivity index (χ0n) is 13.4. The molecule has 21 heavy (non-hydrogen) atoms. The molecule has 0 saturated heterocycles. The molecule has 0 atom stereocenters. The molecule has 0 amide bonds. The lowest BCUT2D eigenvalue weighted by atomic mass is 9.92. The predicted molar refractivity (Wildman–Crippen MR) is 87.9 cm³/mol. The Hall–Kier alpha value is -1.57. The summed E-state index contributed by atoms with van der Waals surface area (Å²) in [6.07, 6.45) is 6.14. The summed E-state index contributed by atoms with van der Waals surface area (Å²) in [5.41, 5.74) is 3.68. The molecule has 1 aromatic carbocycles. The average molecular weight is 285 g/mol. The van der Waals surface area contributed by atoms with E-state index in [1.165, 1.54) is 11.1 Å². The van der Waals surface area contributed by atoms with Gasteiger partial charge in [0, 0.05) is 19.5 Å². The molecule has 1 aliphatic carbocycles. The Labute approximate surface area is 128 Å². The first-order chi connectivity index (χ1) is 10.3. The quantitative estimate of drug-likeness (QED) is 0.723. The molecule has 2 heteroatoms. The molecule has 114 valence electrons. The number of unbranched alkanes of at least 4 members (excludes halogenated alkanes) is 1. The van der Waals surface area contributed by atoms with Gasteiger partial charge in [0.2, 0.25) is 0 Å². The van der Waals surface area contributed by atoms with Gasteiger partial charge in [-0.25, -0.2) is 0 Å². The van der Waals surface area contributed by atoms with Crippen LogP contribution in [0.3, 0.4) is 0 Å². The van der Waals surface area contributed by atoms with E-state index < -0.39 is 0 Å². The largest absolute Gasteiger partial charge is 0.364 e. The molecular formula is C19H27NO. The molecule has 0 unspecified atom stereocenters. The maximum atomic E-state index is 12.5. The molecule has 0 aliphatic heterocycles. The molecule has 2 rings (SSSR count). The van der Waals surface area contributed by atoms with E-state index in [9.17, 15) is 4.79 Å². The Bertz CT molecular complexity index is 490. The van der Waals surface area contributed by atoms with Crippen molar-refractivity contribution in [3.05, 3.63) is 47.2 Å². The van der Waals surface area contributed by atoms with Crippen molar-refractivity contribution >= 4 is 5.78 Å². The second-order valence-corrected chi connectivity index (χ2v) is 5.84. The Morgan fingerprint density at radius 1 is 1.10 bits per heavy atom. The zero-order chi connectivity index (χ0) is 15.1. The second kappa shape index (κ2) is 8.02. The van der Waals surface area contributed by atoms with Gasteiger partial charge in [-0.15, -0.1) is 0 Å². The van der Waals surface area contributed by atoms with Crippen molar-refractivity contribution in [2.45, 2.75) is 58.9 Å². The van der Waals surface area contributed by atoms with Crippen LogP contribution in [-0.4, -0.2) is 17.2 Å². The van der Waals surface area contributed by atoms with Gasteiger partial charge >= 0.3 is 0 Å². The van der Waals surface area contributed by atoms with Gasteiger partial charge in [0.15, 0.2) is 5.78 Å². The normalized spacial score (nSPS) is 15.4. The standard InChI is InChI=1S/C19H27NO/c1-3-5-14-20(15-16-10-7-6-8-11-16)19-17(4-2)12-9-13-18(19)21/h6-8,10-11H,3-5,9,12-15H2,1-2H3. The van der Waals surface area contributed by atoms with E-state index >= 15 is 0 Å². The first-order valence-corrected chi connectivity index (χ1v) is 8.30. The monoisotopic (exact) mass is 285 g/mol. The average Bonchev–Trinajstić information content (AvgIpc) is 2.52. The Kier molecular flexibility index (Phi) is 6.04. The number of carbonyl (C=O) groups is 1. The molecule has 0 radical (unpaired) electrons. The lowest BCUT2D eigenvalue weighted by Crippen LogP contribution is -2.31. The van der Waals surface area contributed by atoms with Gasteiger partial charge < -0.3 is 4.90 Å². The van der Waals surface area contributed by atoms with Crippen molar-refractivity contribution in [2.75, 3.05) is 6.54 Å². The molecule has 0 aromatic heterocycles. The Morgan fingerprint density at radius 2 is 1.86 bits per heavy atom. The molecule has 0 saturated carbocycles. The molecular weight excluding hydrogens is 258 g/mol. The smallest absolute Gasteiger partial charge is 0.178 e. The molecule has 1 aliphatic rings. The van der Waals surface area contributed by atoms with Crippen molar-refractivity contribution in [3.8, 4) is 0 Å². The predicted octanol–water partition coefficient (Wildman–Crippen LogP) is 4.71. The van der Waals surface area contributed by atoms with Crippen molar-refractivity contribution in [1.29, 1.82) is 0 Å². The van der Waals surface area contributed by atoms with E-state index in [0.29, 0.717) is 5.78 Å². The van der Waals surface area contributed by atoms with Gasteiger partial charge in [-0.05, 0) is 36.8 Å². The fraction of sp³-hybridized carbons (Fsp3) is 0.526. The summed E-state index contributed by atoms with van der Waals surface area (Å²) < 4.78 is 0. The van der Waals surface area contributed by atoms with Crippen LogP contribution < -0.4 is 0 Å². The van der Waals surface area contributed by atoms with E-state index in [1.54, 1.807) is 0 Å². The number of ketones is 1. The number of carbonyl (C=O) groups excluding carboxylic acids is 1. The number of rotatable bonds is 7. The summed E-state index contributed by atoms with van der Waals surface area (Å²) >= 11 is 0. The van der Waals surface area contributed by atoms with Crippen LogP contribution in [0.4, 0.5) is 0 Å². The fourth-order valence-electron chi connectivity index (χ4n) is 3.06. The second-order valence-electron chi connectivity index (χ2n) is 5.84. The third-order valence-corrected chi connectivity index (χ3v) is 4.22. The van der Waals surface area contributed by atoms with E-state index in [-0.39, 0.29) is 0 Å². The molecule has 0 N–H and O–H groups in total. The molecule has 0 spiro atoms. The van der Waals surface area contributed by atoms with E-state index in [1.807, 2.05) is 6.07 Å². The highest BCUT2D eigenvalue weighted by molar-refractivity contribution is 5.96. The number of allylic oxidation sites excluding steroid dienone is 2. The lowest BCUT2D eigenvalue weighted by Gasteiger charge is -2.31. The molecule has 2 nitrogen and oxygen atoms in total. The van der Waals surface area contributed by atoms with E-state index in [2.05, 4.69) is 43.0 Å². The molecule has 0 fully saturated rings. The lowest BCUT2D eigenvalue weighted by molar-refractivity contribution is -0.117. The van der Waals surface area contributed by atoms with Crippen LogP contribution in [0.5, 0.6) is 0 Å². The van der Waals surface area contributed by atoms with Gasteiger partial charge in [-0.1, -0.05) is 50.6 Å². The fourth-order valence-corrected chi connectivity index (χ4v) is 3.06. The van der Waals surface area contributed by atoms with Crippen LogP contribution in [-0.2, 0) is 11.3 Å². The van der Waals surface area contributed by atoms with Crippen LogP contribution >= 0.6 is 0 Å². The SMILES string of the molecule is CCCCN(Cc1ccccc1)C1=C(CC)CCCC1=O. The van der Waals surface area contributed by atoms with Crippen molar-refractivity contribution in [1.82, 2.24) is 4.90 Å². The van der Waals surface area contributed by atoms with Gasteiger partial charge in [0.25, 0.3) is 0 Å². The highest BCUT2D eigenvalue weighted by Gasteiger charge is 2.24. The highest BCUT2D eigenvalue weighted by Crippen LogP contribution is 2.28. The van der Waals surface area contributed by atoms with Crippen molar-refractivity contribution in [2.24, 2.45) is 0 Å². The van der Waals surface area contributed by atoms with Crippen LogP contribution in [0.25, 0.3) is 0 Å². The minimum absolute atomic E-state index is 0.352. The van der Waals surface area contributed by atoms with Crippen LogP contribution in [0.15, 0.2) is 41.6 Å². The summed E-state index contributed by atoms with van der Waals surface area (Å²) in [5.74, 6) is 0.352. The van der Waals surface area contributed by atoms with Gasteiger partial charge in [0.1, 0.15) is 0 Å². The number of Topliss-reactive ketones (excluding diaryl/α,β-unsaturated/α-hetero) is 1. The van der Waals surface area contributed by atoms with E-state index in [4.69, 9.17) is 0 Å². The minimum Gasteiger partial charge on any atom is -0.364 e. The zero-order valence-corrected chi connectivity index (χ0v) is 13.4. The first kappa shape index (κ1) is 15.8. The van der Waals surface area contributed by atoms with Crippen LogP contribution in [0.2, 0.25) is 0 Å². The Balaban J connectivity index is 2.25. The summed E-state index contributed by atoms with van der Waals surface area (Å²) in [5, 5.41) is 0. The number of hydrogen-bond donors (Lipinski definition) is 0. The topological polar surface area (TPSA) is 20.3 Å². The van der Waals surface area contributed by atoms with Crippen LogP contribution in [0, 0.1) is 0 Å². The number of benzene rings is 1. The van der Waals surface area contributed by atoms with Crippen LogP contribution in [0.1, 0.15) is 57.9 Å². The summed E-state index contributed by atoms with van der Waals surface area (Å²) in [6, 6.07) is 10.5. The van der Waals surface area contributed by atoms with Crippen molar-refractivity contribution in [3.63, 3.8) is 0 Å². The number of nitrogens with zero attached hydrogens (tertiary/aromatic N) is 1. The highest BCUT2D eigenvalue weighted by atomic mass is 16.1. The van der Waals surface area contributed by atoms with E-state index in [0.717, 1.165) is 57.3 Å². The minimum atomic E-state index is 0.352. The third-order valence-electron chi connectivity index (χ3n) is 4.22. The van der Waals surface area contributed by atoms with Crippen molar-refractivity contribution < 1.29 is 4.79 Å².